The molecular formula is C16H28N2S. The van der Waals surface area contributed by atoms with Gasteiger partial charge in [-0.2, -0.15) is 0 Å². The van der Waals surface area contributed by atoms with Gasteiger partial charge in [0.25, 0.3) is 0 Å². The summed E-state index contributed by atoms with van der Waals surface area (Å²) in [7, 11) is 2.09. The number of nitrogens with zero attached hydrogens (tertiary/aromatic N) is 1. The summed E-state index contributed by atoms with van der Waals surface area (Å²) in [6.45, 7) is 9.47. The second kappa shape index (κ2) is 6.38. The molecule has 19 heavy (non-hydrogen) atoms. The molecule has 1 atom stereocenters. The molecule has 1 aliphatic heterocycles. The van der Waals surface area contributed by atoms with Gasteiger partial charge in [0.1, 0.15) is 0 Å². The summed E-state index contributed by atoms with van der Waals surface area (Å²) in [6.07, 6.45) is 5.49. The first-order valence-corrected chi connectivity index (χ1v) is 8.41. The second-order valence-electron chi connectivity index (χ2n) is 6.27. The largest absolute Gasteiger partial charge is 0.311 e. The van der Waals surface area contributed by atoms with Crippen LogP contribution in [0.3, 0.4) is 0 Å². The third-order valence-corrected chi connectivity index (χ3v) is 5.38. The minimum Gasteiger partial charge on any atom is -0.311 e. The Hall–Kier alpha value is -0.380. The fraction of sp³-hybridized carbons (Fsp3) is 0.750. The Morgan fingerprint density at radius 1 is 1.21 bits per heavy atom. The number of likely N-dealkylation sites (tertiary alicyclic amines) is 1. The van der Waals surface area contributed by atoms with Crippen molar-refractivity contribution in [3.8, 4) is 0 Å². The first-order valence-electron chi connectivity index (χ1n) is 7.53. The van der Waals surface area contributed by atoms with Crippen molar-refractivity contribution in [1.29, 1.82) is 0 Å². The Labute approximate surface area is 122 Å². The summed E-state index contributed by atoms with van der Waals surface area (Å²) in [4.78, 5) is 4.09. The van der Waals surface area contributed by atoms with E-state index in [0.29, 0.717) is 6.04 Å². The molecule has 0 aliphatic carbocycles. The molecule has 0 bridgehead atoms. The summed E-state index contributed by atoms with van der Waals surface area (Å²) in [5.74, 6) is 0. The summed E-state index contributed by atoms with van der Waals surface area (Å²) in [5, 5.41) is 5.87. The van der Waals surface area contributed by atoms with E-state index in [4.69, 9.17) is 0 Å². The lowest BCUT2D eigenvalue weighted by atomic mass is 9.87. The van der Waals surface area contributed by atoms with Crippen LogP contribution in [0.2, 0.25) is 0 Å². The molecule has 2 nitrogen and oxygen atoms in total. The van der Waals surface area contributed by atoms with E-state index in [1.54, 1.807) is 0 Å². The van der Waals surface area contributed by atoms with E-state index in [-0.39, 0.29) is 5.54 Å². The van der Waals surface area contributed by atoms with Gasteiger partial charge in [-0.1, -0.05) is 12.8 Å². The quantitative estimate of drug-likeness (QED) is 0.897. The molecule has 3 heteroatoms. The van der Waals surface area contributed by atoms with Gasteiger partial charge in [0.05, 0.1) is 6.04 Å². The number of thiophene rings is 1. The number of likely N-dealkylation sites (N-methyl/N-ethyl adjacent to an activating group) is 1. The Kier molecular flexibility index (Phi) is 5.04. The third kappa shape index (κ3) is 3.39. The van der Waals surface area contributed by atoms with Crippen molar-refractivity contribution < 1.29 is 0 Å². The zero-order chi connectivity index (χ0) is 13.9. The molecule has 108 valence electrons. The fourth-order valence-electron chi connectivity index (χ4n) is 3.37. The highest BCUT2D eigenvalue weighted by atomic mass is 32.1. The van der Waals surface area contributed by atoms with Crippen molar-refractivity contribution in [2.75, 3.05) is 20.1 Å². The molecule has 1 N–H and O–H groups in total. The fourth-order valence-corrected chi connectivity index (χ4v) is 4.10. The van der Waals surface area contributed by atoms with E-state index < -0.39 is 0 Å². The van der Waals surface area contributed by atoms with Gasteiger partial charge >= 0.3 is 0 Å². The summed E-state index contributed by atoms with van der Waals surface area (Å²) < 4.78 is 0. The first-order chi connectivity index (χ1) is 9.05. The van der Waals surface area contributed by atoms with E-state index >= 15 is 0 Å². The Morgan fingerprint density at radius 2 is 1.84 bits per heavy atom. The standard InChI is InChI=1S/C16H28N2S/c1-13-11-14(12-19-13)15(17-4)16(2,3)18-9-7-5-6-8-10-18/h11-12,15,17H,5-10H2,1-4H3. The molecule has 0 amide bonds. The van der Waals surface area contributed by atoms with Crippen molar-refractivity contribution >= 4 is 11.3 Å². The number of hydrogen-bond acceptors (Lipinski definition) is 3. The SMILES string of the molecule is CNC(c1csc(C)c1)C(C)(C)N1CCCCCC1. The molecule has 1 aliphatic rings. The van der Waals surface area contributed by atoms with Crippen LogP contribution in [-0.2, 0) is 0 Å². The highest BCUT2D eigenvalue weighted by Gasteiger charge is 2.35. The average molecular weight is 280 g/mol. The zero-order valence-electron chi connectivity index (χ0n) is 12.8. The van der Waals surface area contributed by atoms with Crippen molar-refractivity contribution in [1.82, 2.24) is 10.2 Å². The van der Waals surface area contributed by atoms with E-state index in [2.05, 4.69) is 49.5 Å². The number of rotatable bonds is 4. The Bertz CT molecular complexity index is 389. The molecule has 0 spiro atoms. The van der Waals surface area contributed by atoms with Crippen LogP contribution < -0.4 is 5.32 Å². The normalized spacial score (nSPS) is 20.2. The van der Waals surface area contributed by atoms with E-state index in [1.807, 2.05) is 11.3 Å². The number of aryl methyl sites for hydroxylation is 1. The maximum atomic E-state index is 3.55. The average Bonchev–Trinajstić information content (AvgIpc) is 2.65. The van der Waals surface area contributed by atoms with E-state index in [0.717, 1.165) is 0 Å². The molecule has 1 aromatic rings. The van der Waals surface area contributed by atoms with Gasteiger partial charge in [0, 0.05) is 10.4 Å². The van der Waals surface area contributed by atoms with Gasteiger partial charge in [-0.3, -0.25) is 4.90 Å². The minimum absolute atomic E-state index is 0.173. The smallest absolute Gasteiger partial charge is 0.0507 e. The molecule has 2 rings (SSSR count). The molecule has 1 unspecified atom stereocenters. The van der Waals surface area contributed by atoms with Gasteiger partial charge in [0.2, 0.25) is 0 Å². The summed E-state index contributed by atoms with van der Waals surface area (Å²) >= 11 is 1.86. The van der Waals surface area contributed by atoms with Gasteiger partial charge in [0.15, 0.2) is 0 Å². The molecule has 0 aromatic carbocycles. The van der Waals surface area contributed by atoms with Crippen LogP contribution in [0.4, 0.5) is 0 Å². The zero-order valence-corrected chi connectivity index (χ0v) is 13.6. The second-order valence-corrected chi connectivity index (χ2v) is 7.38. The van der Waals surface area contributed by atoms with Crippen LogP contribution in [0.5, 0.6) is 0 Å². The predicted molar refractivity (Wildman–Crippen MR) is 85.0 cm³/mol. The highest BCUT2D eigenvalue weighted by molar-refractivity contribution is 7.10. The molecule has 1 aromatic heterocycles. The summed E-state index contributed by atoms with van der Waals surface area (Å²) in [6, 6.07) is 2.75. The predicted octanol–water partition coefficient (Wildman–Crippen LogP) is 3.97. The van der Waals surface area contributed by atoms with Gasteiger partial charge in [-0.15, -0.1) is 11.3 Å². The van der Waals surface area contributed by atoms with Gasteiger partial charge in [-0.25, -0.2) is 0 Å². The molecule has 0 saturated carbocycles. The van der Waals surface area contributed by atoms with E-state index in [1.165, 1.54) is 49.2 Å². The molecular weight excluding hydrogens is 252 g/mol. The highest BCUT2D eigenvalue weighted by Crippen LogP contribution is 2.34. The first kappa shape index (κ1) is 15.0. The topological polar surface area (TPSA) is 15.3 Å². The maximum Gasteiger partial charge on any atom is 0.0507 e. The van der Waals surface area contributed by atoms with Crippen molar-refractivity contribution in [3.63, 3.8) is 0 Å². The van der Waals surface area contributed by atoms with Gasteiger partial charge < -0.3 is 5.32 Å². The van der Waals surface area contributed by atoms with Crippen LogP contribution in [0.1, 0.15) is 56.0 Å². The van der Waals surface area contributed by atoms with Crippen LogP contribution >= 0.6 is 11.3 Å². The number of hydrogen-bond donors (Lipinski definition) is 1. The van der Waals surface area contributed by atoms with Crippen molar-refractivity contribution in [2.45, 2.75) is 58.0 Å². The summed E-state index contributed by atoms with van der Waals surface area (Å²) in [5.41, 5.74) is 1.62. The molecule has 1 saturated heterocycles. The monoisotopic (exact) mass is 280 g/mol. The molecule has 0 radical (unpaired) electrons. The third-order valence-electron chi connectivity index (χ3n) is 4.50. The Balaban J connectivity index is 2.19. The lowest BCUT2D eigenvalue weighted by Crippen LogP contribution is -2.52. The maximum absolute atomic E-state index is 3.55. The van der Waals surface area contributed by atoms with Gasteiger partial charge in [-0.05, 0) is 70.8 Å². The molecule has 2 heterocycles. The van der Waals surface area contributed by atoms with Crippen LogP contribution in [0, 0.1) is 6.92 Å². The van der Waals surface area contributed by atoms with Crippen LogP contribution in [-0.4, -0.2) is 30.6 Å². The lowest BCUT2D eigenvalue weighted by Gasteiger charge is -2.43. The number of nitrogens with one attached hydrogen (secondary N) is 1. The minimum atomic E-state index is 0.173. The van der Waals surface area contributed by atoms with Crippen LogP contribution in [0.25, 0.3) is 0 Å². The molecule has 1 fully saturated rings. The Morgan fingerprint density at radius 3 is 2.32 bits per heavy atom. The lowest BCUT2D eigenvalue weighted by molar-refractivity contribution is 0.0866. The van der Waals surface area contributed by atoms with Crippen molar-refractivity contribution in [2.24, 2.45) is 0 Å². The van der Waals surface area contributed by atoms with E-state index in [9.17, 15) is 0 Å². The van der Waals surface area contributed by atoms with Crippen molar-refractivity contribution in [3.05, 3.63) is 21.9 Å². The van der Waals surface area contributed by atoms with Crippen LogP contribution in [0.15, 0.2) is 11.4 Å².